The molecular formula is C10H12ClNO2S. The molecule has 1 aromatic rings. The number of sulfonamides is 1. The number of hydrogen-bond acceptors (Lipinski definition) is 2. The van der Waals surface area contributed by atoms with Crippen molar-refractivity contribution in [2.24, 2.45) is 0 Å². The van der Waals surface area contributed by atoms with Crippen molar-refractivity contribution in [2.75, 3.05) is 16.6 Å². The second kappa shape index (κ2) is 4.02. The molecule has 0 aliphatic carbocycles. The first-order chi connectivity index (χ1) is 7.09. The molecule has 1 saturated heterocycles. The third-order valence-corrected chi connectivity index (χ3v) is 4.55. The van der Waals surface area contributed by atoms with Crippen LogP contribution in [0.3, 0.4) is 0 Å². The Kier molecular flexibility index (Phi) is 2.89. The molecule has 0 amide bonds. The summed E-state index contributed by atoms with van der Waals surface area (Å²) in [6.45, 7) is 0.558. The molecule has 82 valence electrons. The molecule has 1 heterocycles. The van der Waals surface area contributed by atoms with Crippen molar-refractivity contribution in [3.63, 3.8) is 0 Å². The van der Waals surface area contributed by atoms with Gasteiger partial charge in [-0.3, -0.25) is 4.31 Å². The molecule has 0 saturated carbocycles. The van der Waals surface area contributed by atoms with Gasteiger partial charge in [0.2, 0.25) is 10.0 Å². The maximum absolute atomic E-state index is 11.8. The second-order valence-electron chi connectivity index (χ2n) is 3.58. The quantitative estimate of drug-likeness (QED) is 0.761. The van der Waals surface area contributed by atoms with Crippen LogP contribution < -0.4 is 4.31 Å². The van der Waals surface area contributed by atoms with Gasteiger partial charge < -0.3 is 0 Å². The summed E-state index contributed by atoms with van der Waals surface area (Å²) in [6.07, 6.45) is 1.66. The number of halogens is 1. The first-order valence-corrected chi connectivity index (χ1v) is 6.84. The highest BCUT2D eigenvalue weighted by Crippen LogP contribution is 2.25. The zero-order chi connectivity index (χ0) is 10.9. The van der Waals surface area contributed by atoms with E-state index in [1.165, 1.54) is 4.31 Å². The molecule has 0 spiro atoms. The molecule has 0 atom stereocenters. The van der Waals surface area contributed by atoms with Gasteiger partial charge in [-0.05, 0) is 31.0 Å². The molecule has 1 aliphatic heterocycles. The molecule has 0 bridgehead atoms. The minimum Gasteiger partial charge on any atom is -0.270 e. The summed E-state index contributed by atoms with van der Waals surface area (Å²) in [4.78, 5) is 0. The minimum absolute atomic E-state index is 0.236. The third-order valence-electron chi connectivity index (χ3n) is 2.45. The van der Waals surface area contributed by atoms with Crippen molar-refractivity contribution in [1.29, 1.82) is 0 Å². The Labute approximate surface area is 94.7 Å². The fraction of sp³-hybridized carbons (Fsp3) is 0.400. The van der Waals surface area contributed by atoms with E-state index in [0.29, 0.717) is 17.3 Å². The smallest absolute Gasteiger partial charge is 0.235 e. The summed E-state index contributed by atoms with van der Waals surface area (Å²) in [5.41, 5.74) is 0.669. The molecule has 15 heavy (non-hydrogen) atoms. The Hall–Kier alpha value is -0.740. The van der Waals surface area contributed by atoms with E-state index >= 15 is 0 Å². The van der Waals surface area contributed by atoms with Gasteiger partial charge in [0.1, 0.15) is 0 Å². The predicted octanol–water partition coefficient (Wildman–Crippen LogP) is 2.27. The number of hydrogen-bond donors (Lipinski definition) is 0. The van der Waals surface area contributed by atoms with Crippen LogP contribution in [0.4, 0.5) is 5.69 Å². The molecule has 0 N–H and O–H groups in total. The van der Waals surface area contributed by atoms with Gasteiger partial charge in [-0.2, -0.15) is 0 Å². The zero-order valence-corrected chi connectivity index (χ0v) is 9.76. The highest BCUT2D eigenvalue weighted by molar-refractivity contribution is 7.92. The Morgan fingerprint density at radius 1 is 1.27 bits per heavy atom. The fourth-order valence-corrected chi connectivity index (χ4v) is 3.53. The van der Waals surface area contributed by atoms with Gasteiger partial charge in [0.25, 0.3) is 0 Å². The van der Waals surface area contributed by atoms with Crippen LogP contribution in [0.15, 0.2) is 24.3 Å². The number of anilines is 1. The maximum atomic E-state index is 11.8. The molecule has 3 nitrogen and oxygen atoms in total. The van der Waals surface area contributed by atoms with Crippen LogP contribution >= 0.6 is 11.6 Å². The lowest BCUT2D eigenvalue weighted by molar-refractivity contribution is 0.574. The van der Waals surface area contributed by atoms with E-state index in [9.17, 15) is 8.42 Å². The first-order valence-electron chi connectivity index (χ1n) is 4.85. The van der Waals surface area contributed by atoms with Crippen molar-refractivity contribution in [3.05, 3.63) is 29.3 Å². The molecule has 0 unspecified atom stereocenters. The lowest BCUT2D eigenvalue weighted by Gasteiger charge is -2.28. The molecule has 1 aromatic carbocycles. The summed E-state index contributed by atoms with van der Waals surface area (Å²) in [5.74, 6) is 0.236. The Balaban J connectivity index is 2.37. The van der Waals surface area contributed by atoms with Crippen LogP contribution in [0.2, 0.25) is 5.02 Å². The molecular weight excluding hydrogens is 234 g/mol. The predicted molar refractivity (Wildman–Crippen MR) is 61.8 cm³/mol. The van der Waals surface area contributed by atoms with Crippen molar-refractivity contribution in [1.82, 2.24) is 0 Å². The summed E-state index contributed by atoms with van der Waals surface area (Å²) < 4.78 is 25.0. The molecule has 5 heteroatoms. The van der Waals surface area contributed by atoms with E-state index in [1.807, 2.05) is 0 Å². The fourth-order valence-electron chi connectivity index (χ4n) is 1.71. The van der Waals surface area contributed by atoms with Crippen LogP contribution in [0.1, 0.15) is 12.8 Å². The van der Waals surface area contributed by atoms with Crippen molar-refractivity contribution >= 4 is 27.3 Å². The molecule has 0 radical (unpaired) electrons. The Bertz CT molecular complexity index is 458. The average Bonchev–Trinajstić information content (AvgIpc) is 2.17. The Morgan fingerprint density at radius 2 is 2.07 bits per heavy atom. The van der Waals surface area contributed by atoms with Gasteiger partial charge in [-0.15, -0.1) is 0 Å². The SMILES string of the molecule is O=S1(=O)CCCCN1c1cccc(Cl)c1. The first kappa shape index (κ1) is 10.8. The van der Waals surface area contributed by atoms with E-state index in [1.54, 1.807) is 24.3 Å². The maximum Gasteiger partial charge on any atom is 0.235 e. The molecule has 0 aromatic heterocycles. The lowest BCUT2D eigenvalue weighted by Crippen LogP contribution is -2.37. The van der Waals surface area contributed by atoms with Gasteiger partial charge >= 0.3 is 0 Å². The zero-order valence-electron chi connectivity index (χ0n) is 8.19. The summed E-state index contributed by atoms with van der Waals surface area (Å²) in [6, 6.07) is 6.96. The normalized spacial score (nSPS) is 20.2. The Morgan fingerprint density at radius 3 is 2.73 bits per heavy atom. The highest BCUT2D eigenvalue weighted by Gasteiger charge is 2.25. The molecule has 1 aliphatic rings. The summed E-state index contributed by atoms with van der Waals surface area (Å²) in [5, 5.41) is 0.563. The third kappa shape index (κ3) is 2.26. The van der Waals surface area contributed by atoms with E-state index in [-0.39, 0.29) is 5.75 Å². The molecule has 2 rings (SSSR count). The van der Waals surface area contributed by atoms with Crippen LogP contribution in [-0.2, 0) is 10.0 Å². The number of benzene rings is 1. The van der Waals surface area contributed by atoms with Crippen LogP contribution in [0.25, 0.3) is 0 Å². The van der Waals surface area contributed by atoms with E-state index in [2.05, 4.69) is 0 Å². The van der Waals surface area contributed by atoms with E-state index < -0.39 is 10.0 Å². The second-order valence-corrected chi connectivity index (χ2v) is 6.02. The number of nitrogens with zero attached hydrogens (tertiary/aromatic N) is 1. The summed E-state index contributed by atoms with van der Waals surface area (Å²) in [7, 11) is -3.12. The lowest BCUT2D eigenvalue weighted by atomic mass is 10.3. The number of rotatable bonds is 1. The van der Waals surface area contributed by atoms with Crippen molar-refractivity contribution < 1.29 is 8.42 Å². The average molecular weight is 246 g/mol. The van der Waals surface area contributed by atoms with Gasteiger partial charge in [0, 0.05) is 11.6 Å². The van der Waals surface area contributed by atoms with Crippen LogP contribution in [-0.4, -0.2) is 20.7 Å². The standard InChI is InChI=1S/C10H12ClNO2S/c11-9-4-3-5-10(8-9)12-6-1-2-7-15(12,13)14/h3-5,8H,1-2,6-7H2. The van der Waals surface area contributed by atoms with Crippen molar-refractivity contribution in [2.45, 2.75) is 12.8 Å². The van der Waals surface area contributed by atoms with Gasteiger partial charge in [-0.1, -0.05) is 17.7 Å². The van der Waals surface area contributed by atoms with E-state index in [0.717, 1.165) is 12.8 Å². The largest absolute Gasteiger partial charge is 0.270 e. The van der Waals surface area contributed by atoms with Gasteiger partial charge in [0.05, 0.1) is 11.4 Å². The van der Waals surface area contributed by atoms with Gasteiger partial charge in [0.15, 0.2) is 0 Å². The molecule has 1 fully saturated rings. The van der Waals surface area contributed by atoms with Gasteiger partial charge in [-0.25, -0.2) is 8.42 Å². The highest BCUT2D eigenvalue weighted by atomic mass is 35.5. The monoisotopic (exact) mass is 245 g/mol. The van der Waals surface area contributed by atoms with Crippen LogP contribution in [0.5, 0.6) is 0 Å². The topological polar surface area (TPSA) is 37.4 Å². The van der Waals surface area contributed by atoms with Crippen molar-refractivity contribution in [3.8, 4) is 0 Å². The van der Waals surface area contributed by atoms with Crippen LogP contribution in [0, 0.1) is 0 Å². The van der Waals surface area contributed by atoms with E-state index in [4.69, 9.17) is 11.6 Å². The summed E-state index contributed by atoms with van der Waals surface area (Å²) >= 11 is 5.84. The minimum atomic E-state index is -3.12.